The van der Waals surface area contributed by atoms with Crippen LogP contribution < -0.4 is 5.32 Å². The monoisotopic (exact) mass is 205 g/mol. The third-order valence-electron chi connectivity index (χ3n) is 3.04. The molecule has 0 amide bonds. The van der Waals surface area contributed by atoms with Crippen LogP contribution in [-0.2, 0) is 4.74 Å². The first-order valence-corrected chi connectivity index (χ1v) is 4.91. The minimum atomic E-state index is -0.00444. The summed E-state index contributed by atoms with van der Waals surface area (Å²) in [5.41, 5.74) is 0.309. The number of hydrogen-bond acceptors (Lipinski definition) is 2. The van der Waals surface area contributed by atoms with Crippen LogP contribution in [0.2, 0.25) is 0 Å². The van der Waals surface area contributed by atoms with Crippen LogP contribution in [0.3, 0.4) is 0 Å². The highest BCUT2D eigenvalue weighted by Crippen LogP contribution is 2.42. The van der Waals surface area contributed by atoms with Gasteiger partial charge in [0.15, 0.2) is 0 Å². The van der Waals surface area contributed by atoms with Crippen LogP contribution in [0.15, 0.2) is 0 Å². The maximum atomic E-state index is 5.89. The molecule has 1 atom stereocenters. The van der Waals surface area contributed by atoms with Gasteiger partial charge in [0, 0.05) is 17.9 Å². The van der Waals surface area contributed by atoms with E-state index in [1.165, 1.54) is 12.8 Å². The zero-order valence-corrected chi connectivity index (χ0v) is 9.54. The largest absolute Gasteiger partial charge is 0.360 e. The molecule has 1 heterocycles. The molecule has 13 heavy (non-hydrogen) atoms. The third kappa shape index (κ3) is 2.36. The first-order valence-electron chi connectivity index (χ1n) is 4.91. The molecule has 3 heteroatoms. The van der Waals surface area contributed by atoms with Crippen molar-refractivity contribution >= 4 is 12.4 Å². The summed E-state index contributed by atoms with van der Waals surface area (Å²) in [6.07, 6.45) is 2.67. The highest BCUT2D eigenvalue weighted by molar-refractivity contribution is 5.85. The summed E-state index contributed by atoms with van der Waals surface area (Å²) >= 11 is 0. The molecule has 1 aliphatic heterocycles. The molecule has 1 unspecified atom stereocenters. The predicted octanol–water partition coefficient (Wildman–Crippen LogP) is 2.18. The number of nitrogens with one attached hydrogen (secondary N) is 1. The van der Waals surface area contributed by atoms with Crippen LogP contribution >= 0.6 is 12.4 Å². The van der Waals surface area contributed by atoms with Gasteiger partial charge < -0.3 is 4.74 Å². The molecule has 1 saturated heterocycles. The molecule has 1 N–H and O–H groups in total. The second-order valence-electron chi connectivity index (χ2n) is 5.19. The van der Waals surface area contributed by atoms with Gasteiger partial charge in [-0.2, -0.15) is 0 Å². The molecule has 0 radical (unpaired) electrons. The Balaban J connectivity index is 0.000000845. The van der Waals surface area contributed by atoms with Gasteiger partial charge >= 0.3 is 0 Å². The lowest BCUT2D eigenvalue weighted by Crippen LogP contribution is -2.57. The van der Waals surface area contributed by atoms with E-state index in [2.05, 4.69) is 26.1 Å². The average Bonchev–Trinajstić information content (AvgIpc) is 2.78. The Morgan fingerprint density at radius 3 is 2.23 bits per heavy atom. The summed E-state index contributed by atoms with van der Waals surface area (Å²) in [4.78, 5) is 0. The quantitative estimate of drug-likeness (QED) is 0.709. The van der Waals surface area contributed by atoms with Crippen molar-refractivity contribution < 1.29 is 4.74 Å². The molecule has 78 valence electrons. The van der Waals surface area contributed by atoms with E-state index >= 15 is 0 Å². The Labute approximate surface area is 86.8 Å². The first kappa shape index (κ1) is 11.3. The molecule has 2 rings (SSSR count). The molecule has 1 aliphatic carbocycles. The number of rotatable bonds is 1. The molecule has 1 saturated carbocycles. The minimum Gasteiger partial charge on any atom is -0.360 e. The maximum Gasteiger partial charge on any atom is 0.119 e. The van der Waals surface area contributed by atoms with Crippen molar-refractivity contribution in [1.82, 2.24) is 5.32 Å². The van der Waals surface area contributed by atoms with Gasteiger partial charge in [-0.05, 0) is 19.8 Å². The summed E-state index contributed by atoms with van der Waals surface area (Å²) in [5, 5.41) is 3.53. The topological polar surface area (TPSA) is 21.3 Å². The van der Waals surface area contributed by atoms with Gasteiger partial charge in [-0.15, -0.1) is 12.4 Å². The molecule has 2 fully saturated rings. The van der Waals surface area contributed by atoms with Gasteiger partial charge in [0.05, 0.1) is 6.61 Å². The lowest BCUT2D eigenvalue weighted by Gasteiger charge is -2.42. The van der Waals surface area contributed by atoms with Crippen LogP contribution in [0.4, 0.5) is 0 Å². The summed E-state index contributed by atoms with van der Waals surface area (Å²) in [6, 6.07) is 0. The van der Waals surface area contributed by atoms with Crippen molar-refractivity contribution in [3.8, 4) is 0 Å². The van der Waals surface area contributed by atoms with E-state index in [1.807, 2.05) is 0 Å². The van der Waals surface area contributed by atoms with Crippen LogP contribution in [0, 0.1) is 11.3 Å². The van der Waals surface area contributed by atoms with E-state index in [0.29, 0.717) is 5.41 Å². The van der Waals surface area contributed by atoms with Crippen molar-refractivity contribution in [3.63, 3.8) is 0 Å². The van der Waals surface area contributed by atoms with Crippen LogP contribution in [0.5, 0.6) is 0 Å². The maximum absolute atomic E-state index is 5.89. The normalized spacial score (nSPS) is 38.1. The molecule has 0 aromatic rings. The highest BCUT2D eigenvalue weighted by atomic mass is 35.5. The summed E-state index contributed by atoms with van der Waals surface area (Å²) in [5.74, 6) is 0.772. The minimum absolute atomic E-state index is 0. The molecule has 0 spiro atoms. The van der Waals surface area contributed by atoms with Crippen molar-refractivity contribution in [3.05, 3.63) is 0 Å². The van der Waals surface area contributed by atoms with Gasteiger partial charge in [-0.3, -0.25) is 5.32 Å². The lowest BCUT2D eigenvalue weighted by atomic mass is 9.91. The highest BCUT2D eigenvalue weighted by Gasteiger charge is 2.46. The molecule has 0 aromatic heterocycles. The fourth-order valence-corrected chi connectivity index (χ4v) is 1.76. The van der Waals surface area contributed by atoms with Gasteiger partial charge in [0.1, 0.15) is 5.72 Å². The SMILES string of the molecule is CC1(C)CNC(C)(C2CC2)OC1.Cl. The smallest absolute Gasteiger partial charge is 0.119 e. The molecular weight excluding hydrogens is 186 g/mol. The van der Waals surface area contributed by atoms with E-state index in [1.54, 1.807) is 0 Å². The van der Waals surface area contributed by atoms with Gasteiger partial charge in [0.25, 0.3) is 0 Å². The zero-order chi connectivity index (χ0) is 8.82. The van der Waals surface area contributed by atoms with Crippen molar-refractivity contribution in [2.45, 2.75) is 39.3 Å². The van der Waals surface area contributed by atoms with E-state index < -0.39 is 0 Å². The molecule has 0 aromatic carbocycles. The van der Waals surface area contributed by atoms with Crippen LogP contribution in [0.1, 0.15) is 33.6 Å². The van der Waals surface area contributed by atoms with Crippen LogP contribution in [-0.4, -0.2) is 18.9 Å². The lowest BCUT2D eigenvalue weighted by molar-refractivity contribution is -0.138. The second-order valence-corrected chi connectivity index (χ2v) is 5.19. The Kier molecular flexibility index (Phi) is 2.96. The van der Waals surface area contributed by atoms with E-state index in [0.717, 1.165) is 19.1 Å². The summed E-state index contributed by atoms with van der Waals surface area (Å²) < 4.78 is 5.89. The Bertz CT molecular complexity index is 179. The predicted molar refractivity (Wildman–Crippen MR) is 56.1 cm³/mol. The molecule has 2 aliphatic rings. The molecule has 2 nitrogen and oxygen atoms in total. The standard InChI is InChI=1S/C10H19NO.ClH/c1-9(2)6-11-10(3,12-7-9)8-4-5-8;/h8,11H,4-7H2,1-3H3;1H. The second kappa shape index (κ2) is 3.41. The van der Waals surface area contributed by atoms with E-state index in [9.17, 15) is 0 Å². The third-order valence-corrected chi connectivity index (χ3v) is 3.04. The Morgan fingerprint density at radius 1 is 1.23 bits per heavy atom. The fraction of sp³-hybridized carbons (Fsp3) is 1.00. The molecular formula is C10H20ClNO. The summed E-state index contributed by atoms with van der Waals surface area (Å²) in [6.45, 7) is 8.66. The van der Waals surface area contributed by atoms with Crippen LogP contribution in [0.25, 0.3) is 0 Å². The van der Waals surface area contributed by atoms with E-state index in [-0.39, 0.29) is 18.1 Å². The Morgan fingerprint density at radius 2 is 1.85 bits per heavy atom. The number of ether oxygens (including phenoxy) is 1. The van der Waals surface area contributed by atoms with Gasteiger partial charge in [-0.25, -0.2) is 0 Å². The summed E-state index contributed by atoms with van der Waals surface area (Å²) in [7, 11) is 0. The first-order chi connectivity index (χ1) is 5.52. The fourth-order valence-electron chi connectivity index (χ4n) is 1.76. The van der Waals surface area contributed by atoms with Gasteiger partial charge in [-0.1, -0.05) is 13.8 Å². The van der Waals surface area contributed by atoms with Crippen molar-refractivity contribution in [2.75, 3.05) is 13.2 Å². The Hall–Kier alpha value is 0.210. The van der Waals surface area contributed by atoms with E-state index in [4.69, 9.17) is 4.74 Å². The number of hydrogen-bond donors (Lipinski definition) is 1. The van der Waals surface area contributed by atoms with Crippen molar-refractivity contribution in [1.29, 1.82) is 0 Å². The zero-order valence-electron chi connectivity index (χ0n) is 8.72. The number of halogens is 1. The molecule has 0 bridgehead atoms. The average molecular weight is 206 g/mol. The van der Waals surface area contributed by atoms with Crippen molar-refractivity contribution in [2.24, 2.45) is 11.3 Å². The van der Waals surface area contributed by atoms with Gasteiger partial charge in [0.2, 0.25) is 0 Å².